The summed E-state index contributed by atoms with van der Waals surface area (Å²) in [5.41, 5.74) is 2.43. The first kappa shape index (κ1) is 8.32. The minimum atomic E-state index is 0.376. The summed E-state index contributed by atoms with van der Waals surface area (Å²) in [6, 6.07) is 0. The second-order valence-corrected chi connectivity index (χ2v) is 1.62. The van der Waals surface area contributed by atoms with Gasteiger partial charge in [-0.25, -0.2) is 0 Å². The zero-order chi connectivity index (χ0) is 7.11. The van der Waals surface area contributed by atoms with Crippen LogP contribution in [0.3, 0.4) is 0 Å². The van der Waals surface area contributed by atoms with Crippen LogP contribution in [0.25, 0.3) is 0 Å². The maximum absolute atomic E-state index is 4.68. The smallest absolute Gasteiger partial charge is 0.188 e. The van der Waals surface area contributed by atoms with Crippen molar-refractivity contribution in [2.24, 2.45) is 5.10 Å². The third-order valence-corrected chi connectivity index (χ3v) is 0.793. The lowest BCUT2D eigenvalue weighted by Crippen LogP contribution is -2.32. The van der Waals surface area contributed by atoms with Crippen LogP contribution in [-0.2, 0) is 4.74 Å². The number of nitrogens with zero attached hydrogens (tertiary/aromatic N) is 1. The maximum Gasteiger partial charge on any atom is 0.188 e. The van der Waals surface area contributed by atoms with Crippen molar-refractivity contribution in [3.8, 4) is 0 Å². The molecule has 2 N–H and O–H groups in total. The van der Waals surface area contributed by atoms with Gasteiger partial charge in [-0.1, -0.05) is 0 Å². The first-order valence-electron chi connectivity index (χ1n) is 2.29. The number of hydrogen-bond donors (Lipinski definition) is 2. The van der Waals surface area contributed by atoms with Gasteiger partial charge in [0.15, 0.2) is 5.11 Å². The highest BCUT2D eigenvalue weighted by molar-refractivity contribution is 7.80. The summed E-state index contributed by atoms with van der Waals surface area (Å²) in [5, 5.41) is 6.44. The van der Waals surface area contributed by atoms with Gasteiger partial charge < -0.3 is 10.1 Å². The predicted molar refractivity (Wildman–Crippen MR) is 40.3 cm³/mol. The number of hydrogen-bond acceptors (Lipinski definition) is 3. The molecule has 0 radical (unpaired) electrons. The Morgan fingerprint density at radius 1 is 1.89 bits per heavy atom. The van der Waals surface area contributed by atoms with Crippen LogP contribution in [0, 0.1) is 0 Å². The molecule has 0 saturated heterocycles. The van der Waals surface area contributed by atoms with E-state index in [9.17, 15) is 0 Å². The van der Waals surface area contributed by atoms with E-state index in [0.717, 1.165) is 0 Å². The quantitative estimate of drug-likeness (QED) is 0.248. The summed E-state index contributed by atoms with van der Waals surface area (Å²) in [6.45, 7) is 3.56. The van der Waals surface area contributed by atoms with E-state index in [1.807, 2.05) is 0 Å². The Hall–Kier alpha value is -0.680. The predicted octanol–water partition coefficient (Wildman–Crippen LogP) is -0.330. The van der Waals surface area contributed by atoms with E-state index in [1.54, 1.807) is 7.11 Å². The van der Waals surface area contributed by atoms with Crippen molar-refractivity contribution < 1.29 is 4.74 Å². The molecular formula is C4H9N3OS. The van der Waals surface area contributed by atoms with Crippen LogP contribution in [0.1, 0.15) is 0 Å². The van der Waals surface area contributed by atoms with E-state index in [2.05, 4.69) is 39.5 Å². The first-order chi connectivity index (χ1) is 4.31. The molecule has 0 heterocycles. The van der Waals surface area contributed by atoms with Crippen molar-refractivity contribution in [2.45, 2.75) is 0 Å². The average Bonchev–Trinajstić information content (AvgIpc) is 1.85. The van der Waals surface area contributed by atoms with E-state index in [0.29, 0.717) is 11.8 Å². The van der Waals surface area contributed by atoms with Crippen LogP contribution in [0.15, 0.2) is 5.10 Å². The highest BCUT2D eigenvalue weighted by atomic mass is 32.1. The van der Waals surface area contributed by atoms with Crippen LogP contribution in [0.4, 0.5) is 0 Å². The molecule has 0 aliphatic rings. The Labute approximate surface area is 59.3 Å². The Balaban J connectivity index is 3.16. The second-order valence-electron chi connectivity index (χ2n) is 1.21. The lowest BCUT2D eigenvalue weighted by atomic mass is 11.0. The van der Waals surface area contributed by atoms with Crippen LogP contribution >= 0.6 is 12.2 Å². The minimum absolute atomic E-state index is 0.376. The Morgan fingerprint density at radius 2 is 2.56 bits per heavy atom. The summed E-state index contributed by atoms with van der Waals surface area (Å²) in [4.78, 5) is 0. The van der Waals surface area contributed by atoms with Gasteiger partial charge in [0.1, 0.15) is 6.73 Å². The van der Waals surface area contributed by atoms with E-state index >= 15 is 0 Å². The van der Waals surface area contributed by atoms with E-state index in [4.69, 9.17) is 0 Å². The van der Waals surface area contributed by atoms with Crippen molar-refractivity contribution in [3.63, 3.8) is 0 Å². The monoisotopic (exact) mass is 147 g/mol. The molecule has 52 valence electrons. The molecule has 0 saturated carbocycles. The molecule has 0 amide bonds. The third-order valence-electron chi connectivity index (χ3n) is 0.558. The largest absolute Gasteiger partial charge is 0.365 e. The molecule has 0 spiro atoms. The number of hydrazone groups is 1. The van der Waals surface area contributed by atoms with Crippen LogP contribution in [0.5, 0.6) is 0 Å². The van der Waals surface area contributed by atoms with Gasteiger partial charge in [-0.05, 0) is 12.2 Å². The van der Waals surface area contributed by atoms with Crippen LogP contribution in [-0.4, -0.2) is 25.7 Å². The van der Waals surface area contributed by atoms with Crippen LogP contribution < -0.4 is 10.7 Å². The molecule has 0 aliphatic carbocycles. The van der Waals surface area contributed by atoms with E-state index < -0.39 is 0 Å². The molecule has 0 aromatic rings. The fourth-order valence-corrected chi connectivity index (χ4v) is 0.373. The zero-order valence-electron chi connectivity index (χ0n) is 5.18. The molecule has 0 atom stereocenters. The summed E-state index contributed by atoms with van der Waals surface area (Å²) in [5.74, 6) is 0. The molecule has 0 rings (SSSR count). The van der Waals surface area contributed by atoms with Crippen molar-refractivity contribution >= 4 is 24.0 Å². The SMILES string of the molecule is C=NNC(=S)NCOC. The fraction of sp³-hybridized carbons (Fsp3) is 0.500. The molecular weight excluding hydrogens is 138 g/mol. The summed E-state index contributed by atoms with van der Waals surface area (Å²) >= 11 is 4.68. The Bertz CT molecular complexity index is 106. The summed E-state index contributed by atoms with van der Waals surface area (Å²) in [6.07, 6.45) is 0. The molecule has 0 fully saturated rings. The van der Waals surface area contributed by atoms with E-state index in [-0.39, 0.29) is 0 Å². The molecule has 5 heteroatoms. The van der Waals surface area contributed by atoms with Gasteiger partial charge >= 0.3 is 0 Å². The van der Waals surface area contributed by atoms with Gasteiger partial charge in [-0.15, -0.1) is 0 Å². The average molecular weight is 147 g/mol. The summed E-state index contributed by atoms with van der Waals surface area (Å²) < 4.78 is 4.66. The van der Waals surface area contributed by atoms with Gasteiger partial charge in [0.05, 0.1) is 0 Å². The van der Waals surface area contributed by atoms with Gasteiger partial charge in [0, 0.05) is 13.8 Å². The molecule has 9 heavy (non-hydrogen) atoms. The van der Waals surface area contributed by atoms with Gasteiger partial charge in [0.2, 0.25) is 0 Å². The van der Waals surface area contributed by atoms with Gasteiger partial charge in [-0.3, -0.25) is 5.43 Å². The molecule has 0 bridgehead atoms. The lowest BCUT2D eigenvalue weighted by Gasteiger charge is -2.03. The van der Waals surface area contributed by atoms with Crippen molar-refractivity contribution in [3.05, 3.63) is 0 Å². The molecule has 0 unspecified atom stereocenters. The van der Waals surface area contributed by atoms with Gasteiger partial charge in [0.25, 0.3) is 0 Å². The standard InChI is InChI=1S/C4H9N3OS/c1-5-7-4(9)6-3-8-2/h1,3H2,2H3,(H2,6,7,9). The first-order valence-corrected chi connectivity index (χ1v) is 2.70. The number of thiocarbonyl (C=S) groups is 1. The summed E-state index contributed by atoms with van der Waals surface area (Å²) in [7, 11) is 1.57. The zero-order valence-corrected chi connectivity index (χ0v) is 5.99. The Kier molecular flexibility index (Phi) is 5.04. The van der Waals surface area contributed by atoms with Crippen molar-refractivity contribution in [1.82, 2.24) is 10.7 Å². The number of methoxy groups -OCH3 is 1. The molecule has 0 aromatic carbocycles. The van der Waals surface area contributed by atoms with Crippen molar-refractivity contribution in [1.29, 1.82) is 0 Å². The topological polar surface area (TPSA) is 45.7 Å². The third kappa shape index (κ3) is 5.19. The number of nitrogens with one attached hydrogen (secondary N) is 2. The van der Waals surface area contributed by atoms with E-state index in [1.165, 1.54) is 0 Å². The molecule has 0 aliphatic heterocycles. The fourth-order valence-electron chi connectivity index (χ4n) is 0.249. The maximum atomic E-state index is 4.68. The highest BCUT2D eigenvalue weighted by Crippen LogP contribution is 1.64. The van der Waals surface area contributed by atoms with Crippen molar-refractivity contribution in [2.75, 3.05) is 13.8 Å². The minimum Gasteiger partial charge on any atom is -0.365 e. The molecule has 0 aromatic heterocycles. The second kappa shape index (κ2) is 5.46. The highest BCUT2D eigenvalue weighted by Gasteiger charge is 1.86. The van der Waals surface area contributed by atoms with Gasteiger partial charge in [-0.2, -0.15) is 5.10 Å². The normalized spacial score (nSPS) is 8.11. The molecule has 4 nitrogen and oxygen atoms in total. The number of rotatable bonds is 3. The Morgan fingerprint density at radius 3 is 3.00 bits per heavy atom. The van der Waals surface area contributed by atoms with Crippen LogP contribution in [0.2, 0.25) is 0 Å². The number of ether oxygens (including phenoxy) is 1. The lowest BCUT2D eigenvalue weighted by molar-refractivity contribution is 0.192.